The molecule has 0 unspecified atom stereocenters. The van der Waals surface area contributed by atoms with E-state index in [0.29, 0.717) is 18.2 Å². The zero-order valence-corrected chi connectivity index (χ0v) is 17.7. The number of aryl methyl sites for hydroxylation is 1. The maximum Gasteiger partial charge on any atom is 0.231 e. The monoisotopic (exact) mass is 421 g/mol. The van der Waals surface area contributed by atoms with Crippen molar-refractivity contribution in [1.29, 1.82) is 0 Å². The molecule has 1 saturated heterocycles. The summed E-state index contributed by atoms with van der Waals surface area (Å²) in [5.41, 5.74) is 2.87. The first-order valence-electron chi connectivity index (χ1n) is 9.78. The van der Waals surface area contributed by atoms with Gasteiger partial charge in [0.2, 0.25) is 11.8 Å². The van der Waals surface area contributed by atoms with Crippen LogP contribution in [0.3, 0.4) is 0 Å². The summed E-state index contributed by atoms with van der Waals surface area (Å²) in [7, 11) is 1.63. The fourth-order valence-electron chi connectivity index (χ4n) is 3.58. The lowest BCUT2D eigenvalue weighted by atomic mass is 10.1. The highest BCUT2D eigenvalue weighted by Crippen LogP contribution is 2.32. The van der Waals surface area contributed by atoms with E-state index in [1.165, 1.54) is 11.3 Å². The van der Waals surface area contributed by atoms with Crippen LogP contribution in [0.1, 0.15) is 16.9 Å². The molecule has 0 bridgehead atoms. The first-order valence-corrected chi connectivity index (χ1v) is 10.6. The fourth-order valence-corrected chi connectivity index (χ4v) is 4.42. The molecule has 6 nitrogen and oxygen atoms in total. The van der Waals surface area contributed by atoms with Crippen LogP contribution in [-0.4, -0.2) is 35.4 Å². The molecule has 1 aliphatic heterocycles. The highest BCUT2D eigenvalue weighted by molar-refractivity contribution is 7.16. The summed E-state index contributed by atoms with van der Waals surface area (Å²) in [6, 6.07) is 17.5. The molecule has 2 heterocycles. The number of thiazole rings is 1. The summed E-state index contributed by atoms with van der Waals surface area (Å²) in [5.74, 6) is 0.267. The summed E-state index contributed by atoms with van der Waals surface area (Å²) in [6.07, 6.45) is 0.231. The number of amides is 2. The van der Waals surface area contributed by atoms with E-state index in [-0.39, 0.29) is 24.2 Å². The molecule has 30 heavy (non-hydrogen) atoms. The van der Waals surface area contributed by atoms with Crippen LogP contribution in [0, 0.1) is 12.8 Å². The number of aromatic nitrogens is 1. The Hall–Kier alpha value is -3.19. The third-order valence-corrected chi connectivity index (χ3v) is 6.08. The maximum absolute atomic E-state index is 12.8. The van der Waals surface area contributed by atoms with Crippen molar-refractivity contribution in [3.8, 4) is 17.0 Å². The Morgan fingerprint density at radius 2 is 1.93 bits per heavy atom. The zero-order chi connectivity index (χ0) is 21.1. The lowest BCUT2D eigenvalue weighted by molar-refractivity contribution is -0.128. The Labute approximate surface area is 179 Å². The van der Waals surface area contributed by atoms with Crippen LogP contribution in [0.25, 0.3) is 11.3 Å². The predicted molar refractivity (Wildman–Crippen MR) is 117 cm³/mol. The zero-order valence-electron chi connectivity index (χ0n) is 16.9. The summed E-state index contributed by atoms with van der Waals surface area (Å²) < 4.78 is 5.20. The minimum atomic E-state index is -0.366. The van der Waals surface area contributed by atoms with Crippen molar-refractivity contribution < 1.29 is 14.3 Å². The van der Waals surface area contributed by atoms with Crippen LogP contribution in [0.5, 0.6) is 5.75 Å². The van der Waals surface area contributed by atoms with Gasteiger partial charge in [0, 0.05) is 30.0 Å². The smallest absolute Gasteiger partial charge is 0.231 e. The molecular weight excluding hydrogens is 398 g/mol. The van der Waals surface area contributed by atoms with Crippen molar-refractivity contribution in [2.75, 3.05) is 19.0 Å². The molecule has 2 aromatic carbocycles. The number of carbonyl (C=O) groups is 2. The number of rotatable bonds is 6. The highest BCUT2D eigenvalue weighted by atomic mass is 32.1. The average Bonchev–Trinajstić information content (AvgIpc) is 3.31. The number of nitrogens with zero attached hydrogens (tertiary/aromatic N) is 2. The molecule has 2 amide bonds. The largest absolute Gasteiger partial charge is 0.497 e. The van der Waals surface area contributed by atoms with Crippen LogP contribution in [0.15, 0.2) is 54.6 Å². The third kappa shape index (κ3) is 4.36. The van der Waals surface area contributed by atoms with Gasteiger partial charge in [0.05, 0.1) is 18.7 Å². The van der Waals surface area contributed by atoms with Gasteiger partial charge >= 0.3 is 0 Å². The van der Waals surface area contributed by atoms with E-state index in [0.717, 1.165) is 27.4 Å². The molecule has 1 aliphatic rings. The number of benzene rings is 2. The Bertz CT molecular complexity index is 1050. The summed E-state index contributed by atoms with van der Waals surface area (Å²) in [4.78, 5) is 32.5. The molecule has 0 aliphatic carbocycles. The fraction of sp³-hybridized carbons (Fsp3) is 0.261. The molecule has 0 radical (unpaired) electrons. The highest BCUT2D eigenvalue weighted by Gasteiger charge is 2.34. The van der Waals surface area contributed by atoms with E-state index in [4.69, 9.17) is 4.74 Å². The molecular formula is C23H23N3O3S. The number of ether oxygens (including phenoxy) is 1. The van der Waals surface area contributed by atoms with Crippen LogP contribution >= 0.6 is 11.3 Å². The van der Waals surface area contributed by atoms with Gasteiger partial charge in [-0.3, -0.25) is 9.59 Å². The average molecular weight is 422 g/mol. The summed E-state index contributed by atoms with van der Waals surface area (Å²) >= 11 is 1.44. The molecule has 1 atom stereocenters. The molecule has 154 valence electrons. The predicted octanol–water partition coefficient (Wildman–Crippen LogP) is 4.11. The lowest BCUT2D eigenvalue weighted by Crippen LogP contribution is -2.28. The Morgan fingerprint density at radius 3 is 2.63 bits per heavy atom. The lowest BCUT2D eigenvalue weighted by Gasteiger charge is -2.16. The number of hydrogen-bond acceptors (Lipinski definition) is 5. The van der Waals surface area contributed by atoms with Crippen LogP contribution in [-0.2, 0) is 16.1 Å². The van der Waals surface area contributed by atoms with E-state index in [1.54, 1.807) is 12.0 Å². The minimum Gasteiger partial charge on any atom is -0.497 e. The molecule has 4 rings (SSSR count). The number of anilines is 1. The van der Waals surface area contributed by atoms with Gasteiger partial charge in [-0.25, -0.2) is 4.98 Å². The quantitative estimate of drug-likeness (QED) is 0.650. The molecule has 1 N–H and O–H groups in total. The van der Waals surface area contributed by atoms with E-state index >= 15 is 0 Å². The second-order valence-corrected chi connectivity index (χ2v) is 8.51. The normalized spacial score (nSPS) is 16.0. The molecule has 1 fully saturated rings. The van der Waals surface area contributed by atoms with Crippen molar-refractivity contribution in [2.45, 2.75) is 19.9 Å². The van der Waals surface area contributed by atoms with Gasteiger partial charge in [-0.15, -0.1) is 11.3 Å². The van der Waals surface area contributed by atoms with E-state index in [2.05, 4.69) is 10.3 Å². The second-order valence-electron chi connectivity index (χ2n) is 7.30. The van der Waals surface area contributed by atoms with Gasteiger partial charge in [0.1, 0.15) is 5.75 Å². The summed E-state index contributed by atoms with van der Waals surface area (Å²) in [5, 5.41) is 3.46. The van der Waals surface area contributed by atoms with Crippen molar-refractivity contribution in [3.63, 3.8) is 0 Å². The third-order valence-electron chi connectivity index (χ3n) is 5.19. The number of methoxy groups -OCH3 is 1. The van der Waals surface area contributed by atoms with Crippen molar-refractivity contribution >= 4 is 28.3 Å². The number of likely N-dealkylation sites (tertiary alicyclic amines) is 1. The van der Waals surface area contributed by atoms with Gasteiger partial charge in [-0.1, -0.05) is 30.3 Å². The molecule has 3 aromatic rings. The maximum atomic E-state index is 12.8. The molecule has 0 saturated carbocycles. The number of nitrogens with one attached hydrogen (secondary N) is 1. The second kappa shape index (κ2) is 8.67. The molecule has 7 heteroatoms. The number of hydrogen-bond donors (Lipinski definition) is 1. The Morgan fingerprint density at radius 1 is 1.20 bits per heavy atom. The molecule has 0 spiro atoms. The van der Waals surface area contributed by atoms with E-state index in [9.17, 15) is 9.59 Å². The SMILES string of the molecule is COc1ccc(-c2nc(NC(=O)[C@H]3CC(=O)N(Cc4ccccc4)C3)sc2C)cc1. The first-order chi connectivity index (χ1) is 14.5. The molecule has 1 aromatic heterocycles. The van der Waals surface area contributed by atoms with Gasteiger partial charge in [-0.05, 0) is 36.8 Å². The van der Waals surface area contributed by atoms with E-state index < -0.39 is 0 Å². The van der Waals surface area contributed by atoms with Gasteiger partial charge in [0.15, 0.2) is 5.13 Å². The summed E-state index contributed by atoms with van der Waals surface area (Å²) in [6.45, 7) is 2.93. The Balaban J connectivity index is 1.41. The van der Waals surface area contributed by atoms with Crippen molar-refractivity contribution in [2.24, 2.45) is 5.92 Å². The van der Waals surface area contributed by atoms with Crippen LogP contribution in [0.4, 0.5) is 5.13 Å². The van der Waals surface area contributed by atoms with Crippen LogP contribution < -0.4 is 10.1 Å². The standard InChI is InChI=1S/C23H23N3O3S/c1-15-21(17-8-10-19(29-2)11-9-17)24-23(30-15)25-22(28)18-12-20(27)26(14-18)13-16-6-4-3-5-7-16/h3-11,18H,12-14H2,1-2H3,(H,24,25,28)/t18-/m0/s1. The van der Waals surface area contributed by atoms with Gasteiger partial charge in [0.25, 0.3) is 0 Å². The van der Waals surface area contributed by atoms with E-state index in [1.807, 2.05) is 61.5 Å². The minimum absolute atomic E-state index is 0.00763. The van der Waals surface area contributed by atoms with Crippen molar-refractivity contribution in [3.05, 3.63) is 65.0 Å². The van der Waals surface area contributed by atoms with Crippen molar-refractivity contribution in [1.82, 2.24) is 9.88 Å². The topological polar surface area (TPSA) is 71.5 Å². The Kier molecular flexibility index (Phi) is 5.81. The van der Waals surface area contributed by atoms with Gasteiger partial charge < -0.3 is 15.0 Å². The van der Waals surface area contributed by atoms with Crippen LogP contribution in [0.2, 0.25) is 0 Å². The van der Waals surface area contributed by atoms with Gasteiger partial charge in [-0.2, -0.15) is 0 Å². The first kappa shape index (κ1) is 20.1. The number of carbonyl (C=O) groups excluding carboxylic acids is 2.